The molecule has 0 aliphatic carbocycles. The maximum absolute atomic E-state index is 12.4. The second-order valence-electron chi connectivity index (χ2n) is 5.19. The first-order valence-corrected chi connectivity index (χ1v) is 8.12. The number of aromatic nitrogens is 4. The minimum absolute atomic E-state index is 0.275. The summed E-state index contributed by atoms with van der Waals surface area (Å²) in [6.07, 6.45) is 1.88. The molecule has 0 bridgehead atoms. The third kappa shape index (κ3) is 2.08. The molecule has 6 nitrogen and oxygen atoms in total. The van der Waals surface area contributed by atoms with E-state index in [9.17, 15) is 4.79 Å². The lowest BCUT2D eigenvalue weighted by Gasteiger charge is -2.02. The number of anilines is 1. The van der Waals surface area contributed by atoms with Crippen molar-refractivity contribution in [3.63, 3.8) is 0 Å². The fourth-order valence-corrected chi connectivity index (χ4v) is 3.70. The summed E-state index contributed by atoms with van der Waals surface area (Å²) in [5.74, 6) is 0.946. The van der Waals surface area contributed by atoms with Crippen LogP contribution >= 0.6 is 22.9 Å². The van der Waals surface area contributed by atoms with Gasteiger partial charge in [0.25, 0.3) is 5.91 Å². The highest BCUT2D eigenvalue weighted by Crippen LogP contribution is 2.31. The summed E-state index contributed by atoms with van der Waals surface area (Å²) in [5.41, 5.74) is 1.73. The summed E-state index contributed by atoms with van der Waals surface area (Å²) in [5, 5.41) is 12.0. The van der Waals surface area contributed by atoms with Crippen LogP contribution in [0.1, 0.15) is 28.4 Å². The smallest absolute Gasteiger partial charge is 0.295 e. The number of nitrogens with one attached hydrogen (secondary N) is 1. The summed E-state index contributed by atoms with van der Waals surface area (Å²) in [6.45, 7) is 2.71. The lowest BCUT2D eigenvalue weighted by molar-refractivity contribution is 0.101. The average molecular weight is 334 g/mol. The highest BCUT2D eigenvalue weighted by molar-refractivity contribution is 7.22. The van der Waals surface area contributed by atoms with Gasteiger partial charge in [0.2, 0.25) is 5.82 Å². The SMILES string of the molecule is Cc1c(Cl)ccc2sc(NC(=O)c3nnc4n3CCC4)nc12. The van der Waals surface area contributed by atoms with Gasteiger partial charge in [0.15, 0.2) is 5.13 Å². The monoisotopic (exact) mass is 333 g/mol. The molecule has 1 aliphatic rings. The van der Waals surface area contributed by atoms with E-state index < -0.39 is 0 Å². The van der Waals surface area contributed by atoms with E-state index in [1.807, 2.05) is 23.6 Å². The van der Waals surface area contributed by atoms with Crippen molar-refractivity contribution >= 4 is 44.2 Å². The Morgan fingerprint density at radius 1 is 1.41 bits per heavy atom. The number of thiazole rings is 1. The molecule has 0 saturated carbocycles. The summed E-state index contributed by atoms with van der Waals surface area (Å²) < 4.78 is 2.86. The Morgan fingerprint density at radius 3 is 3.14 bits per heavy atom. The van der Waals surface area contributed by atoms with Crippen molar-refractivity contribution in [2.75, 3.05) is 5.32 Å². The number of aryl methyl sites for hydroxylation is 2. The van der Waals surface area contributed by atoms with Crippen LogP contribution in [0.2, 0.25) is 5.02 Å². The normalized spacial score (nSPS) is 13.5. The van der Waals surface area contributed by atoms with E-state index in [1.165, 1.54) is 11.3 Å². The summed E-state index contributed by atoms with van der Waals surface area (Å²) in [4.78, 5) is 16.8. The van der Waals surface area contributed by atoms with Gasteiger partial charge in [-0.1, -0.05) is 22.9 Å². The first kappa shape index (κ1) is 13.7. The van der Waals surface area contributed by atoms with E-state index in [0.29, 0.717) is 16.0 Å². The zero-order chi connectivity index (χ0) is 15.3. The molecule has 0 fully saturated rings. The molecule has 1 amide bonds. The van der Waals surface area contributed by atoms with Crippen LogP contribution < -0.4 is 5.32 Å². The minimum atomic E-state index is -0.275. The van der Waals surface area contributed by atoms with Gasteiger partial charge in [-0.15, -0.1) is 10.2 Å². The largest absolute Gasteiger partial charge is 0.307 e. The van der Waals surface area contributed by atoms with E-state index in [4.69, 9.17) is 11.6 Å². The van der Waals surface area contributed by atoms with Gasteiger partial charge in [-0.25, -0.2) is 4.98 Å². The first-order valence-electron chi connectivity index (χ1n) is 6.92. The summed E-state index contributed by atoms with van der Waals surface area (Å²) >= 11 is 7.52. The highest BCUT2D eigenvalue weighted by atomic mass is 35.5. The van der Waals surface area contributed by atoms with Gasteiger partial charge < -0.3 is 4.57 Å². The second kappa shape index (κ2) is 5.03. The molecule has 3 aromatic rings. The first-order chi connectivity index (χ1) is 10.6. The van der Waals surface area contributed by atoms with Crippen LogP contribution in [0.3, 0.4) is 0 Å². The van der Waals surface area contributed by atoms with E-state index in [2.05, 4.69) is 20.5 Å². The van der Waals surface area contributed by atoms with Crippen molar-refractivity contribution in [2.45, 2.75) is 26.3 Å². The van der Waals surface area contributed by atoms with Crippen molar-refractivity contribution in [3.05, 3.63) is 34.4 Å². The molecule has 0 spiro atoms. The van der Waals surface area contributed by atoms with Gasteiger partial charge in [0.1, 0.15) is 5.82 Å². The summed E-state index contributed by atoms with van der Waals surface area (Å²) in [6, 6.07) is 3.75. The Bertz CT molecular complexity index is 900. The molecule has 0 atom stereocenters. The third-order valence-corrected chi connectivity index (χ3v) is 5.13. The number of carbonyl (C=O) groups excluding carboxylic acids is 1. The van der Waals surface area contributed by atoms with Crippen molar-refractivity contribution in [3.8, 4) is 0 Å². The molecule has 1 N–H and O–H groups in total. The molecule has 8 heteroatoms. The van der Waals surface area contributed by atoms with Crippen LogP contribution in [0.15, 0.2) is 12.1 Å². The molecular weight excluding hydrogens is 322 g/mol. The number of amides is 1. The Labute approximate surface area is 135 Å². The van der Waals surface area contributed by atoms with Crippen LogP contribution in [0.4, 0.5) is 5.13 Å². The van der Waals surface area contributed by atoms with Gasteiger partial charge in [-0.05, 0) is 31.0 Å². The molecule has 4 rings (SSSR count). The van der Waals surface area contributed by atoms with Crippen LogP contribution in [-0.2, 0) is 13.0 Å². The number of rotatable bonds is 2. The zero-order valence-corrected chi connectivity index (χ0v) is 13.3. The topological polar surface area (TPSA) is 72.7 Å². The molecule has 0 saturated heterocycles. The average Bonchev–Trinajstić information content (AvgIpc) is 3.17. The number of halogens is 1. The molecule has 112 valence electrons. The van der Waals surface area contributed by atoms with E-state index in [0.717, 1.165) is 41.0 Å². The maximum atomic E-state index is 12.4. The number of carbonyl (C=O) groups is 1. The minimum Gasteiger partial charge on any atom is -0.307 e. The predicted molar refractivity (Wildman–Crippen MR) is 85.7 cm³/mol. The van der Waals surface area contributed by atoms with E-state index >= 15 is 0 Å². The number of hydrogen-bond donors (Lipinski definition) is 1. The third-order valence-electron chi connectivity index (χ3n) is 3.78. The van der Waals surface area contributed by atoms with Crippen molar-refractivity contribution in [1.82, 2.24) is 19.7 Å². The van der Waals surface area contributed by atoms with Crippen LogP contribution in [0.5, 0.6) is 0 Å². The van der Waals surface area contributed by atoms with Gasteiger partial charge in [-0.2, -0.15) is 0 Å². The molecular formula is C14H12ClN5OS. The van der Waals surface area contributed by atoms with Crippen LogP contribution in [-0.4, -0.2) is 25.7 Å². The van der Waals surface area contributed by atoms with Crippen LogP contribution in [0.25, 0.3) is 10.2 Å². The Morgan fingerprint density at radius 2 is 2.27 bits per heavy atom. The molecule has 0 unspecified atom stereocenters. The van der Waals surface area contributed by atoms with Crippen molar-refractivity contribution in [2.24, 2.45) is 0 Å². The lowest BCUT2D eigenvalue weighted by Crippen LogP contribution is -2.17. The highest BCUT2D eigenvalue weighted by Gasteiger charge is 2.23. The second-order valence-corrected chi connectivity index (χ2v) is 6.63. The number of benzene rings is 1. The Hall–Kier alpha value is -1.99. The molecule has 1 aromatic carbocycles. The number of nitrogens with zero attached hydrogens (tertiary/aromatic N) is 4. The fourth-order valence-electron chi connectivity index (χ4n) is 2.63. The van der Waals surface area contributed by atoms with Gasteiger partial charge in [-0.3, -0.25) is 10.1 Å². The standard InChI is InChI=1S/C14H12ClN5OS/c1-7-8(15)4-5-9-11(7)16-14(22-9)17-13(21)12-19-18-10-3-2-6-20(10)12/h4-5H,2-3,6H2,1H3,(H,16,17,21). The van der Waals surface area contributed by atoms with Crippen molar-refractivity contribution < 1.29 is 4.79 Å². The van der Waals surface area contributed by atoms with E-state index in [1.54, 1.807) is 0 Å². The van der Waals surface area contributed by atoms with Crippen LogP contribution in [0, 0.1) is 6.92 Å². The fraction of sp³-hybridized carbons (Fsp3) is 0.286. The molecule has 1 aliphatic heterocycles. The lowest BCUT2D eigenvalue weighted by atomic mass is 10.2. The molecule has 0 radical (unpaired) electrons. The Kier molecular flexibility index (Phi) is 3.12. The van der Waals surface area contributed by atoms with Crippen molar-refractivity contribution in [1.29, 1.82) is 0 Å². The number of hydrogen-bond acceptors (Lipinski definition) is 5. The zero-order valence-electron chi connectivity index (χ0n) is 11.8. The van der Waals surface area contributed by atoms with Gasteiger partial charge >= 0.3 is 0 Å². The Balaban J connectivity index is 1.65. The van der Waals surface area contributed by atoms with Gasteiger partial charge in [0.05, 0.1) is 10.2 Å². The summed E-state index contributed by atoms with van der Waals surface area (Å²) in [7, 11) is 0. The quantitative estimate of drug-likeness (QED) is 0.782. The van der Waals surface area contributed by atoms with E-state index in [-0.39, 0.29) is 5.91 Å². The predicted octanol–water partition coefficient (Wildman–Crippen LogP) is 3.05. The van der Waals surface area contributed by atoms with Gasteiger partial charge in [0, 0.05) is 18.0 Å². The molecule has 22 heavy (non-hydrogen) atoms. The number of fused-ring (bicyclic) bond motifs is 2. The molecule has 3 heterocycles. The molecule has 2 aromatic heterocycles. The maximum Gasteiger partial charge on any atom is 0.295 e.